The highest BCUT2D eigenvalue weighted by Gasteiger charge is 2.30. The molecule has 0 aromatic rings. The van der Waals surface area contributed by atoms with Crippen LogP contribution >= 0.6 is 15.6 Å². The maximum absolute atomic E-state index is 13.1. The summed E-state index contributed by atoms with van der Waals surface area (Å²) in [7, 11) is -9.92. The third kappa shape index (κ3) is 65.5. The first-order chi connectivity index (χ1) is 45.3. The SMILES string of the molecule is CCCCCC/C=C\C=C/CCCCCCCC(=O)O[C@H](COC(=O)CCCCCCCCC(C)CC)COP(=O)(O)OC[C@H](O)COP(=O)(O)OC[C@@H](COC(=O)CCCCCCCCCCCCCCCCC(C)CC)OC(=O)CCCCCCCCCCC(C)C. The standard InChI is InChI=1S/C75H142O17P2/c1-8-11-12-13-14-15-16-17-18-23-26-29-35-44-51-58-74(79)91-71(63-86-73(78)57-50-43-38-37-41-48-55-68(7)10-3)65-90-94(83,84)88-61-69(76)60-87-93(81,82)89-64-70(92-75(80)59-52-45-36-31-30-32-39-46-53-66(4)5)62-85-72(77)56-49-42-34-28-25-22-20-19-21-24-27-33-40-47-54-67(6)9-2/h15-18,66-71,76H,8-14,19-65H2,1-7H3,(H,81,82)(H,83,84)/b16-15-,18-17-/t67?,68?,69-,70-,71-/m1/s1. The Balaban J connectivity index is 5.25. The molecule has 7 atom stereocenters. The number of hydrogen-bond acceptors (Lipinski definition) is 15. The fourth-order valence-corrected chi connectivity index (χ4v) is 12.4. The average molecular weight is 1380 g/mol. The van der Waals surface area contributed by atoms with Crippen LogP contribution in [-0.2, 0) is 65.4 Å². The Kier molecular flexibility index (Phi) is 63.5. The molecule has 0 aromatic carbocycles. The van der Waals surface area contributed by atoms with Gasteiger partial charge in [0.15, 0.2) is 12.2 Å². The van der Waals surface area contributed by atoms with Crippen LogP contribution in [0.15, 0.2) is 24.3 Å². The van der Waals surface area contributed by atoms with Crippen molar-refractivity contribution in [3.05, 3.63) is 24.3 Å². The van der Waals surface area contributed by atoms with Crippen LogP contribution in [0.3, 0.4) is 0 Å². The predicted octanol–water partition coefficient (Wildman–Crippen LogP) is 21.3. The summed E-state index contributed by atoms with van der Waals surface area (Å²) < 4.78 is 68.4. The van der Waals surface area contributed by atoms with E-state index in [0.717, 1.165) is 121 Å². The highest BCUT2D eigenvalue weighted by molar-refractivity contribution is 7.47. The molecule has 4 unspecified atom stereocenters. The van der Waals surface area contributed by atoms with Gasteiger partial charge in [0, 0.05) is 25.7 Å². The molecule has 19 heteroatoms. The van der Waals surface area contributed by atoms with E-state index in [0.29, 0.717) is 31.6 Å². The number of rotatable bonds is 71. The van der Waals surface area contributed by atoms with Crippen molar-refractivity contribution < 1.29 is 80.2 Å². The fourth-order valence-electron chi connectivity index (χ4n) is 10.8. The van der Waals surface area contributed by atoms with Crippen molar-refractivity contribution in [2.45, 2.75) is 375 Å². The van der Waals surface area contributed by atoms with Gasteiger partial charge < -0.3 is 33.8 Å². The van der Waals surface area contributed by atoms with Gasteiger partial charge in [0.05, 0.1) is 26.4 Å². The van der Waals surface area contributed by atoms with Gasteiger partial charge in [0.25, 0.3) is 0 Å². The third-order valence-corrected chi connectivity index (χ3v) is 19.4. The predicted molar refractivity (Wildman–Crippen MR) is 381 cm³/mol. The Labute approximate surface area is 573 Å². The summed E-state index contributed by atoms with van der Waals surface area (Å²) in [5.74, 6) is 0.139. The molecule has 94 heavy (non-hydrogen) atoms. The largest absolute Gasteiger partial charge is 0.472 e. The fraction of sp³-hybridized carbons (Fsp3) is 0.893. The van der Waals surface area contributed by atoms with Crippen molar-refractivity contribution in [2.75, 3.05) is 39.6 Å². The van der Waals surface area contributed by atoms with Crippen LogP contribution in [0.5, 0.6) is 0 Å². The van der Waals surface area contributed by atoms with E-state index in [2.05, 4.69) is 72.8 Å². The summed E-state index contributed by atoms with van der Waals surface area (Å²) in [5, 5.41) is 10.6. The summed E-state index contributed by atoms with van der Waals surface area (Å²) in [5.41, 5.74) is 0. The quantitative estimate of drug-likeness (QED) is 0.0169. The number of esters is 4. The Morgan fingerprint density at radius 1 is 0.351 bits per heavy atom. The van der Waals surface area contributed by atoms with Gasteiger partial charge in [-0.1, -0.05) is 304 Å². The number of phosphoric acid groups is 2. The Bertz CT molecular complexity index is 1930. The number of carbonyl (C=O) groups excluding carboxylic acids is 4. The smallest absolute Gasteiger partial charge is 0.462 e. The molecule has 0 aliphatic rings. The van der Waals surface area contributed by atoms with Gasteiger partial charge in [0.2, 0.25) is 0 Å². The monoisotopic (exact) mass is 1380 g/mol. The maximum Gasteiger partial charge on any atom is 0.472 e. The van der Waals surface area contributed by atoms with Gasteiger partial charge in [-0.3, -0.25) is 37.3 Å². The zero-order valence-electron chi connectivity index (χ0n) is 60.9. The van der Waals surface area contributed by atoms with E-state index < -0.39 is 97.5 Å². The highest BCUT2D eigenvalue weighted by Crippen LogP contribution is 2.45. The van der Waals surface area contributed by atoms with E-state index in [-0.39, 0.29) is 25.7 Å². The molecule has 0 saturated carbocycles. The molecule has 0 radical (unpaired) electrons. The molecule has 0 saturated heterocycles. The molecule has 0 fully saturated rings. The lowest BCUT2D eigenvalue weighted by Crippen LogP contribution is -2.30. The van der Waals surface area contributed by atoms with E-state index in [1.807, 2.05) is 0 Å². The van der Waals surface area contributed by atoms with Gasteiger partial charge in [0.1, 0.15) is 19.3 Å². The molecule has 0 heterocycles. The summed E-state index contributed by atoms with van der Waals surface area (Å²) in [6, 6.07) is 0. The minimum absolute atomic E-state index is 0.0837. The van der Waals surface area contributed by atoms with Crippen molar-refractivity contribution in [2.24, 2.45) is 17.8 Å². The zero-order valence-corrected chi connectivity index (χ0v) is 62.7. The molecule has 0 bridgehead atoms. The average Bonchev–Trinajstić information content (AvgIpc) is 2.43. The van der Waals surface area contributed by atoms with Crippen LogP contribution in [0.4, 0.5) is 0 Å². The highest BCUT2D eigenvalue weighted by atomic mass is 31.2. The van der Waals surface area contributed by atoms with Crippen LogP contribution in [-0.4, -0.2) is 96.7 Å². The van der Waals surface area contributed by atoms with Crippen molar-refractivity contribution >= 4 is 39.5 Å². The van der Waals surface area contributed by atoms with E-state index in [1.54, 1.807) is 0 Å². The molecule has 3 N–H and O–H groups in total. The lowest BCUT2D eigenvalue weighted by atomic mass is 9.99. The molecule has 17 nitrogen and oxygen atoms in total. The minimum Gasteiger partial charge on any atom is -0.462 e. The Hall–Kier alpha value is -2.46. The number of aliphatic hydroxyl groups is 1. The molecule has 0 aliphatic carbocycles. The number of phosphoric ester groups is 2. The molecule has 0 spiro atoms. The summed E-state index contributed by atoms with van der Waals surface area (Å²) in [6.07, 6.45) is 53.6. The van der Waals surface area contributed by atoms with Gasteiger partial charge in [-0.05, 0) is 69.1 Å². The molecular weight excluding hydrogens is 1230 g/mol. The molecule has 554 valence electrons. The number of unbranched alkanes of at least 4 members (excludes halogenated alkanes) is 34. The number of ether oxygens (including phenoxy) is 4. The van der Waals surface area contributed by atoms with Crippen LogP contribution in [0.1, 0.15) is 357 Å². The van der Waals surface area contributed by atoms with Crippen molar-refractivity contribution in [1.29, 1.82) is 0 Å². The second kappa shape index (κ2) is 65.2. The van der Waals surface area contributed by atoms with E-state index in [1.165, 1.54) is 148 Å². The molecular formula is C75H142O17P2. The summed E-state index contributed by atoms with van der Waals surface area (Å²) in [4.78, 5) is 72.7. The van der Waals surface area contributed by atoms with E-state index in [9.17, 15) is 43.2 Å². The molecule has 0 aliphatic heterocycles. The van der Waals surface area contributed by atoms with Gasteiger partial charge in [-0.25, -0.2) is 9.13 Å². The molecule has 0 amide bonds. The van der Waals surface area contributed by atoms with Crippen molar-refractivity contribution in [3.63, 3.8) is 0 Å². The Morgan fingerprint density at radius 2 is 0.628 bits per heavy atom. The van der Waals surface area contributed by atoms with Crippen molar-refractivity contribution in [1.82, 2.24) is 0 Å². The van der Waals surface area contributed by atoms with Gasteiger partial charge >= 0.3 is 39.5 Å². The number of aliphatic hydroxyl groups excluding tert-OH is 1. The van der Waals surface area contributed by atoms with Crippen LogP contribution in [0.25, 0.3) is 0 Å². The lowest BCUT2D eigenvalue weighted by Gasteiger charge is -2.21. The van der Waals surface area contributed by atoms with E-state index >= 15 is 0 Å². The van der Waals surface area contributed by atoms with Gasteiger partial charge in [-0.15, -0.1) is 0 Å². The Morgan fingerprint density at radius 3 is 0.947 bits per heavy atom. The first-order valence-corrected chi connectivity index (χ1v) is 41.2. The number of carbonyl (C=O) groups is 4. The zero-order chi connectivity index (χ0) is 69.4. The summed E-state index contributed by atoms with van der Waals surface area (Å²) >= 11 is 0. The van der Waals surface area contributed by atoms with Crippen LogP contribution in [0, 0.1) is 17.8 Å². The second-order valence-corrected chi connectivity index (χ2v) is 30.2. The van der Waals surface area contributed by atoms with Crippen molar-refractivity contribution in [3.8, 4) is 0 Å². The third-order valence-electron chi connectivity index (χ3n) is 17.5. The number of hydrogen-bond donors (Lipinski definition) is 3. The second-order valence-electron chi connectivity index (χ2n) is 27.3. The first-order valence-electron chi connectivity index (χ1n) is 38.2. The molecule has 0 rings (SSSR count). The maximum atomic E-state index is 13.1. The molecule has 0 aromatic heterocycles. The lowest BCUT2D eigenvalue weighted by molar-refractivity contribution is -0.161. The number of allylic oxidation sites excluding steroid dienone is 4. The first kappa shape index (κ1) is 91.5. The minimum atomic E-state index is -4.96. The normalized spacial score (nSPS) is 14.8. The van der Waals surface area contributed by atoms with Crippen LogP contribution < -0.4 is 0 Å². The topological polar surface area (TPSA) is 237 Å². The van der Waals surface area contributed by atoms with Crippen LogP contribution in [0.2, 0.25) is 0 Å². The van der Waals surface area contributed by atoms with Gasteiger partial charge in [-0.2, -0.15) is 0 Å². The van der Waals surface area contributed by atoms with E-state index in [4.69, 9.17) is 37.0 Å². The summed E-state index contributed by atoms with van der Waals surface area (Å²) in [6.45, 7) is 11.8.